The highest BCUT2D eigenvalue weighted by molar-refractivity contribution is 4.93. The molecule has 0 aromatic rings. The number of fused-ring (bicyclic) bond motifs is 1. The predicted octanol–water partition coefficient (Wildman–Crippen LogP) is 0.518. The van der Waals surface area contributed by atoms with E-state index in [9.17, 15) is 0 Å². The largest absolute Gasteiger partial charge is 0.314 e. The van der Waals surface area contributed by atoms with Gasteiger partial charge in [-0.2, -0.15) is 0 Å². The zero-order chi connectivity index (χ0) is 10.1. The summed E-state index contributed by atoms with van der Waals surface area (Å²) in [7, 11) is 0. The molecule has 3 saturated heterocycles. The number of hydrogen-bond donors (Lipinski definition) is 1. The second kappa shape index (κ2) is 4.40. The molecular weight excluding hydrogens is 186 g/mol. The van der Waals surface area contributed by atoms with Gasteiger partial charge in [-0.25, -0.2) is 0 Å². The highest BCUT2D eigenvalue weighted by atomic mass is 15.3. The van der Waals surface area contributed by atoms with Crippen LogP contribution in [0.25, 0.3) is 0 Å². The summed E-state index contributed by atoms with van der Waals surface area (Å²) in [4.78, 5) is 5.46. The number of hydrogen-bond acceptors (Lipinski definition) is 3. The van der Waals surface area contributed by atoms with Crippen LogP contribution in [0.15, 0.2) is 0 Å². The Balaban J connectivity index is 1.59. The second-order valence-corrected chi connectivity index (χ2v) is 5.32. The lowest BCUT2D eigenvalue weighted by Crippen LogP contribution is -2.49. The molecule has 3 rings (SSSR count). The van der Waals surface area contributed by atoms with E-state index in [4.69, 9.17) is 0 Å². The Morgan fingerprint density at radius 1 is 0.867 bits per heavy atom. The van der Waals surface area contributed by atoms with Gasteiger partial charge in [0.25, 0.3) is 0 Å². The van der Waals surface area contributed by atoms with E-state index in [0.29, 0.717) is 0 Å². The van der Waals surface area contributed by atoms with Gasteiger partial charge in [0.05, 0.1) is 0 Å². The van der Waals surface area contributed by atoms with Crippen molar-refractivity contribution in [3.63, 3.8) is 0 Å². The Morgan fingerprint density at radius 2 is 1.73 bits per heavy atom. The van der Waals surface area contributed by atoms with Crippen molar-refractivity contribution in [2.75, 3.05) is 39.3 Å². The van der Waals surface area contributed by atoms with Crippen LogP contribution in [-0.2, 0) is 0 Å². The molecule has 15 heavy (non-hydrogen) atoms. The van der Waals surface area contributed by atoms with Gasteiger partial charge in [0.15, 0.2) is 0 Å². The van der Waals surface area contributed by atoms with Crippen molar-refractivity contribution >= 4 is 0 Å². The van der Waals surface area contributed by atoms with Gasteiger partial charge in [-0.05, 0) is 25.8 Å². The van der Waals surface area contributed by atoms with E-state index in [-0.39, 0.29) is 0 Å². The van der Waals surface area contributed by atoms with Crippen LogP contribution in [0.4, 0.5) is 0 Å². The topological polar surface area (TPSA) is 18.5 Å². The third-order valence-electron chi connectivity index (χ3n) is 4.41. The number of nitrogens with zero attached hydrogens (tertiary/aromatic N) is 2. The Bertz CT molecular complexity index is 199. The fraction of sp³-hybridized carbons (Fsp3) is 1.00. The first-order valence-corrected chi connectivity index (χ1v) is 6.62. The molecule has 0 saturated carbocycles. The Kier molecular flexibility index (Phi) is 2.95. The van der Waals surface area contributed by atoms with Crippen LogP contribution in [0, 0.1) is 0 Å². The molecule has 3 fully saturated rings. The summed E-state index contributed by atoms with van der Waals surface area (Å²) in [5.41, 5.74) is 0. The summed E-state index contributed by atoms with van der Waals surface area (Å²) < 4.78 is 0. The lowest BCUT2D eigenvalue weighted by Gasteiger charge is -2.32. The van der Waals surface area contributed by atoms with Crippen LogP contribution in [0.2, 0.25) is 0 Å². The normalized spacial score (nSPS) is 39.2. The molecule has 3 heteroatoms. The van der Waals surface area contributed by atoms with E-state index in [1.807, 2.05) is 0 Å². The molecule has 86 valence electrons. The molecule has 0 amide bonds. The average Bonchev–Trinajstić information content (AvgIpc) is 2.74. The van der Waals surface area contributed by atoms with Crippen molar-refractivity contribution in [2.24, 2.45) is 0 Å². The minimum absolute atomic E-state index is 0.871. The van der Waals surface area contributed by atoms with Crippen molar-refractivity contribution in [2.45, 2.75) is 37.8 Å². The maximum atomic E-state index is 3.45. The highest BCUT2D eigenvalue weighted by Gasteiger charge is 2.36. The van der Waals surface area contributed by atoms with Gasteiger partial charge < -0.3 is 5.32 Å². The maximum absolute atomic E-state index is 3.45. The van der Waals surface area contributed by atoms with Crippen LogP contribution in [-0.4, -0.2) is 61.2 Å². The first kappa shape index (κ1) is 10.1. The lowest BCUT2D eigenvalue weighted by molar-refractivity contribution is 0.165. The number of piperidine rings is 1. The zero-order valence-electron chi connectivity index (χ0n) is 9.62. The van der Waals surface area contributed by atoms with E-state index in [1.54, 1.807) is 0 Å². The van der Waals surface area contributed by atoms with Gasteiger partial charge in [-0.15, -0.1) is 0 Å². The van der Waals surface area contributed by atoms with Crippen molar-refractivity contribution in [1.82, 2.24) is 15.1 Å². The summed E-state index contributed by atoms with van der Waals surface area (Å²) in [5.74, 6) is 0. The smallest absolute Gasteiger partial charge is 0.0239 e. The van der Waals surface area contributed by atoms with Gasteiger partial charge in [0.1, 0.15) is 0 Å². The molecule has 3 aliphatic heterocycles. The third-order valence-corrected chi connectivity index (χ3v) is 4.41. The Labute approximate surface area is 92.8 Å². The van der Waals surface area contributed by atoms with Gasteiger partial charge in [-0.3, -0.25) is 9.80 Å². The van der Waals surface area contributed by atoms with Crippen LogP contribution >= 0.6 is 0 Å². The molecule has 3 nitrogen and oxygen atoms in total. The molecule has 0 aromatic carbocycles. The molecule has 0 radical (unpaired) electrons. The maximum Gasteiger partial charge on any atom is 0.0239 e. The highest BCUT2D eigenvalue weighted by Crippen LogP contribution is 2.29. The monoisotopic (exact) mass is 209 g/mol. The summed E-state index contributed by atoms with van der Waals surface area (Å²) in [5, 5.41) is 3.45. The average molecular weight is 209 g/mol. The first-order chi connectivity index (χ1) is 7.43. The number of piperazine rings is 1. The fourth-order valence-corrected chi connectivity index (χ4v) is 3.54. The fourth-order valence-electron chi connectivity index (χ4n) is 3.54. The minimum atomic E-state index is 0.871. The van der Waals surface area contributed by atoms with Crippen molar-refractivity contribution in [3.8, 4) is 0 Å². The molecule has 0 spiro atoms. The molecule has 2 unspecified atom stereocenters. The summed E-state index contributed by atoms with van der Waals surface area (Å²) in [6.07, 6.45) is 5.81. The standard InChI is InChI=1S/C12H23N3/c1-2-6-15-10-12(9-11(15)3-1)14-7-4-13-5-8-14/h11-13H,1-10H2. The van der Waals surface area contributed by atoms with Crippen LogP contribution in [0.5, 0.6) is 0 Å². The summed E-state index contributed by atoms with van der Waals surface area (Å²) in [6.45, 7) is 7.65. The van der Waals surface area contributed by atoms with Gasteiger partial charge in [-0.1, -0.05) is 6.42 Å². The van der Waals surface area contributed by atoms with E-state index >= 15 is 0 Å². The second-order valence-electron chi connectivity index (χ2n) is 5.32. The number of nitrogens with one attached hydrogen (secondary N) is 1. The van der Waals surface area contributed by atoms with E-state index in [1.165, 1.54) is 65.0 Å². The predicted molar refractivity (Wildman–Crippen MR) is 62.1 cm³/mol. The van der Waals surface area contributed by atoms with Crippen LogP contribution in [0.1, 0.15) is 25.7 Å². The summed E-state index contributed by atoms with van der Waals surface area (Å²) in [6, 6.07) is 1.80. The van der Waals surface area contributed by atoms with Crippen molar-refractivity contribution < 1.29 is 0 Å². The molecule has 0 bridgehead atoms. The Morgan fingerprint density at radius 3 is 2.53 bits per heavy atom. The minimum Gasteiger partial charge on any atom is -0.314 e. The summed E-state index contributed by atoms with van der Waals surface area (Å²) >= 11 is 0. The lowest BCUT2D eigenvalue weighted by atomic mass is 10.0. The molecule has 3 aliphatic rings. The molecule has 1 N–H and O–H groups in total. The molecule has 2 atom stereocenters. The van der Waals surface area contributed by atoms with Gasteiger partial charge in [0, 0.05) is 44.8 Å². The van der Waals surface area contributed by atoms with Crippen LogP contribution in [0.3, 0.4) is 0 Å². The zero-order valence-corrected chi connectivity index (χ0v) is 9.62. The molecule has 3 heterocycles. The molecule has 0 aliphatic carbocycles. The quantitative estimate of drug-likeness (QED) is 0.679. The molecule has 0 aromatic heterocycles. The third kappa shape index (κ3) is 2.05. The van der Waals surface area contributed by atoms with Gasteiger partial charge >= 0.3 is 0 Å². The van der Waals surface area contributed by atoms with Gasteiger partial charge in [0.2, 0.25) is 0 Å². The van der Waals surface area contributed by atoms with Crippen molar-refractivity contribution in [1.29, 1.82) is 0 Å². The first-order valence-electron chi connectivity index (χ1n) is 6.62. The van der Waals surface area contributed by atoms with E-state index in [0.717, 1.165) is 12.1 Å². The SMILES string of the molecule is C1CCN2CC(N3CCNCC3)CC2C1. The Hall–Kier alpha value is -0.120. The molecular formula is C12H23N3. The van der Waals surface area contributed by atoms with E-state index < -0.39 is 0 Å². The van der Waals surface area contributed by atoms with Crippen molar-refractivity contribution in [3.05, 3.63) is 0 Å². The van der Waals surface area contributed by atoms with Crippen LogP contribution < -0.4 is 5.32 Å². The number of rotatable bonds is 1. The van der Waals surface area contributed by atoms with E-state index in [2.05, 4.69) is 15.1 Å².